The van der Waals surface area contributed by atoms with Crippen molar-refractivity contribution in [2.45, 2.75) is 84.8 Å². The third-order valence-electron chi connectivity index (χ3n) is 11.3. The van der Waals surface area contributed by atoms with Crippen LogP contribution >= 0.6 is 34.8 Å². The summed E-state index contributed by atoms with van der Waals surface area (Å²) in [7, 11) is 0. The summed E-state index contributed by atoms with van der Waals surface area (Å²) in [6.07, 6.45) is -15.9. The minimum atomic E-state index is -2.51. The molecule has 3 heterocycles. The number of rotatable bonds is 15. The molecule has 0 aromatic heterocycles. The van der Waals surface area contributed by atoms with Crippen LogP contribution in [0.25, 0.3) is 0 Å². The van der Waals surface area contributed by atoms with Crippen LogP contribution in [0.5, 0.6) is 0 Å². The fourth-order valence-electron chi connectivity index (χ4n) is 8.00. The van der Waals surface area contributed by atoms with Gasteiger partial charge in [-0.05, 0) is 74.5 Å². The molecule has 376 valence electrons. The number of hydrogen-bond acceptors (Lipinski definition) is 17. The van der Waals surface area contributed by atoms with Crippen molar-refractivity contribution in [2.24, 2.45) is 0 Å². The van der Waals surface area contributed by atoms with E-state index in [1.54, 1.807) is 117 Å². The molecule has 17 nitrogen and oxygen atoms in total. The SMILES string of the molecule is CC1(C)O[C@H]2[C@@H](O1)[C@@H](COC(=O)c1ccccc1)O[C@@H](O[C@H]1[C@H](OC(=O)c3ccccc3)[C@@H](OC(=O)c3ccccc3)[C@@H](OC(=N)C(Cl)(Cl)Cl)O[C@@H]1COC(=O)c1ccccc1)[C@@H]2OC(=O)c1ccccc1. The number of ether oxygens (including phenoxy) is 11. The highest BCUT2D eigenvalue weighted by atomic mass is 35.6. The number of carbonyl (C=O) groups excluding carboxylic acids is 5. The zero-order valence-electron chi connectivity index (χ0n) is 38.3. The first-order chi connectivity index (χ1) is 34.5. The van der Waals surface area contributed by atoms with Crippen LogP contribution in [0.15, 0.2) is 152 Å². The first-order valence-electron chi connectivity index (χ1n) is 22.4. The van der Waals surface area contributed by atoms with Crippen LogP contribution in [0, 0.1) is 5.41 Å². The molecule has 0 aliphatic carbocycles. The van der Waals surface area contributed by atoms with Crippen LogP contribution in [-0.2, 0) is 52.1 Å². The van der Waals surface area contributed by atoms with Gasteiger partial charge in [-0.3, -0.25) is 5.41 Å². The molecule has 0 bridgehead atoms. The van der Waals surface area contributed by atoms with Gasteiger partial charge in [0.2, 0.25) is 18.3 Å². The molecule has 0 spiro atoms. The van der Waals surface area contributed by atoms with Gasteiger partial charge in [0.25, 0.3) is 3.79 Å². The fourth-order valence-corrected chi connectivity index (χ4v) is 8.14. The van der Waals surface area contributed by atoms with Crippen LogP contribution in [0.3, 0.4) is 0 Å². The van der Waals surface area contributed by atoms with Gasteiger partial charge in [0, 0.05) is 0 Å². The Bertz CT molecular complexity index is 2680. The van der Waals surface area contributed by atoms with Crippen LogP contribution < -0.4 is 0 Å². The van der Waals surface area contributed by atoms with Crippen molar-refractivity contribution >= 4 is 70.5 Å². The molecule has 0 saturated carbocycles. The van der Waals surface area contributed by atoms with Gasteiger partial charge >= 0.3 is 29.8 Å². The minimum Gasteiger partial charge on any atom is -0.459 e. The average Bonchev–Trinajstić information content (AvgIpc) is 3.73. The number of benzene rings is 5. The predicted octanol–water partition coefficient (Wildman–Crippen LogP) is 8.10. The van der Waals surface area contributed by atoms with Crippen LogP contribution in [0.2, 0.25) is 0 Å². The Morgan fingerprint density at radius 1 is 0.472 bits per heavy atom. The monoisotopic (exact) mass is 1050 g/mol. The maximum atomic E-state index is 14.3. The molecule has 0 unspecified atom stereocenters. The topological polar surface area (TPSA) is 211 Å². The fraction of sp³-hybridized carbons (Fsp3) is 0.308. The minimum absolute atomic E-state index is 0.0277. The van der Waals surface area contributed by atoms with Crippen LogP contribution in [-0.4, -0.2) is 120 Å². The Kier molecular flexibility index (Phi) is 16.6. The van der Waals surface area contributed by atoms with Gasteiger partial charge in [-0.2, -0.15) is 0 Å². The molecule has 72 heavy (non-hydrogen) atoms. The van der Waals surface area contributed by atoms with Gasteiger partial charge in [-0.15, -0.1) is 0 Å². The third kappa shape index (κ3) is 12.8. The molecular weight excluding hydrogens is 1000 g/mol. The maximum Gasteiger partial charge on any atom is 0.338 e. The van der Waals surface area contributed by atoms with Gasteiger partial charge in [0.05, 0.1) is 27.8 Å². The van der Waals surface area contributed by atoms with Gasteiger partial charge in [0.1, 0.15) is 43.7 Å². The summed E-state index contributed by atoms with van der Waals surface area (Å²) >= 11 is 18.3. The van der Waals surface area contributed by atoms with Crippen molar-refractivity contribution in [3.8, 4) is 0 Å². The molecule has 1 N–H and O–H groups in total. The van der Waals surface area contributed by atoms with E-state index < -0.39 is 120 Å². The molecule has 3 fully saturated rings. The lowest BCUT2D eigenvalue weighted by Crippen LogP contribution is -2.66. The summed E-state index contributed by atoms with van der Waals surface area (Å²) in [5.41, 5.74) is 0.569. The van der Waals surface area contributed by atoms with E-state index in [9.17, 15) is 24.0 Å². The molecule has 0 amide bonds. The zero-order chi connectivity index (χ0) is 51.0. The van der Waals surface area contributed by atoms with Gasteiger partial charge in [0.15, 0.2) is 24.3 Å². The Morgan fingerprint density at radius 2 is 0.833 bits per heavy atom. The molecule has 5 aromatic carbocycles. The van der Waals surface area contributed by atoms with E-state index in [0.29, 0.717) is 0 Å². The van der Waals surface area contributed by atoms with E-state index in [1.165, 1.54) is 48.5 Å². The van der Waals surface area contributed by atoms with Crippen molar-refractivity contribution in [1.82, 2.24) is 0 Å². The summed E-state index contributed by atoms with van der Waals surface area (Å²) in [5, 5.41) is 8.58. The molecule has 3 aliphatic heterocycles. The lowest BCUT2D eigenvalue weighted by molar-refractivity contribution is -0.344. The normalized spacial score (nSPS) is 25.4. The van der Waals surface area contributed by atoms with Crippen LogP contribution in [0.4, 0.5) is 0 Å². The Balaban J connectivity index is 1.24. The number of alkyl halides is 3. The first-order valence-corrected chi connectivity index (χ1v) is 23.5. The molecule has 0 radical (unpaired) electrons. The van der Waals surface area contributed by atoms with E-state index in [1.807, 2.05) is 0 Å². The number of hydrogen-bond donors (Lipinski definition) is 1. The summed E-state index contributed by atoms with van der Waals surface area (Å²) in [6.45, 7) is 2.08. The number of fused-ring (bicyclic) bond motifs is 1. The van der Waals surface area contributed by atoms with E-state index in [-0.39, 0.29) is 27.8 Å². The second-order valence-electron chi connectivity index (χ2n) is 16.8. The maximum absolute atomic E-state index is 14.3. The molecule has 20 heteroatoms. The summed E-state index contributed by atoms with van der Waals surface area (Å²) in [6, 6.07) is 39.6. The standard InChI is InChI=1S/C52H46Cl3NO16/c1-51(2)71-38-36(29-63-44(58)31-20-10-4-11-21-31)65-48(42(40(38)72-51)68-47(61)34-26-16-7-17-27-34)69-37-35(28-62-43(57)30-18-8-3-9-19-30)64-49(70-50(56)52(53,54)55)41(67-46(60)33-24-14-6-15-25-33)39(37)66-45(59)32-22-12-5-13-23-32/h3-27,35-42,48-49,56H,28-29H2,1-2H3/t35-,36-,37-,38+,39+,40+,41-,42-,48+,49-/m1/s1. The number of nitrogens with one attached hydrogen (secondary N) is 1. The van der Waals surface area contributed by atoms with E-state index in [4.69, 9.17) is 92.3 Å². The van der Waals surface area contributed by atoms with Crippen molar-refractivity contribution in [2.75, 3.05) is 13.2 Å². The number of carbonyl (C=O) groups is 5. The summed E-state index contributed by atoms with van der Waals surface area (Å²) in [5.74, 6) is -6.68. The second kappa shape index (κ2) is 23.0. The van der Waals surface area contributed by atoms with Gasteiger partial charge in [-0.1, -0.05) is 126 Å². The molecule has 3 saturated heterocycles. The van der Waals surface area contributed by atoms with E-state index in [2.05, 4.69) is 0 Å². The molecule has 10 atom stereocenters. The predicted molar refractivity (Wildman–Crippen MR) is 256 cm³/mol. The Labute approximate surface area is 427 Å². The van der Waals surface area contributed by atoms with E-state index >= 15 is 0 Å². The highest BCUT2D eigenvalue weighted by Gasteiger charge is 2.61. The van der Waals surface area contributed by atoms with Crippen molar-refractivity contribution in [3.63, 3.8) is 0 Å². The smallest absolute Gasteiger partial charge is 0.338 e. The zero-order valence-corrected chi connectivity index (χ0v) is 40.6. The summed E-state index contributed by atoms with van der Waals surface area (Å²) < 4.78 is 66.1. The van der Waals surface area contributed by atoms with Crippen LogP contribution in [0.1, 0.15) is 65.6 Å². The molecular formula is C52H46Cl3NO16. The lowest BCUT2D eigenvalue weighted by atomic mass is 9.96. The Hall–Kier alpha value is -6.41. The quantitative estimate of drug-likeness (QED) is 0.0345. The molecule has 3 aliphatic rings. The first kappa shape index (κ1) is 51.9. The molecule has 5 aromatic rings. The summed E-state index contributed by atoms with van der Waals surface area (Å²) in [4.78, 5) is 69.4. The highest BCUT2D eigenvalue weighted by molar-refractivity contribution is 6.76. The number of esters is 5. The lowest BCUT2D eigenvalue weighted by Gasteiger charge is -2.48. The van der Waals surface area contributed by atoms with E-state index in [0.717, 1.165) is 0 Å². The van der Waals surface area contributed by atoms with Gasteiger partial charge in [-0.25, -0.2) is 24.0 Å². The number of halogens is 3. The van der Waals surface area contributed by atoms with Gasteiger partial charge < -0.3 is 52.1 Å². The Morgan fingerprint density at radius 3 is 1.26 bits per heavy atom. The van der Waals surface area contributed by atoms with Crippen molar-refractivity contribution in [3.05, 3.63) is 179 Å². The van der Waals surface area contributed by atoms with Crippen molar-refractivity contribution in [1.29, 1.82) is 5.41 Å². The largest absolute Gasteiger partial charge is 0.459 e. The highest BCUT2D eigenvalue weighted by Crippen LogP contribution is 2.42. The third-order valence-corrected chi connectivity index (χ3v) is 11.9. The molecule has 8 rings (SSSR count). The average molecular weight is 1050 g/mol. The van der Waals surface area contributed by atoms with Crippen molar-refractivity contribution < 1.29 is 76.1 Å². The second-order valence-corrected chi connectivity index (χ2v) is 19.1.